The number of nitrogens with one attached hydrogen (secondary N) is 1. The molecular formula is C13H17N5O3. The maximum atomic E-state index is 11.7. The third-order valence-corrected chi connectivity index (χ3v) is 3.04. The van der Waals surface area contributed by atoms with Crippen molar-refractivity contribution < 1.29 is 4.92 Å². The first kappa shape index (κ1) is 14.8. The predicted molar refractivity (Wildman–Crippen MR) is 78.4 cm³/mol. The molecule has 0 amide bonds. The van der Waals surface area contributed by atoms with E-state index in [2.05, 4.69) is 10.4 Å². The topological polar surface area (TPSA) is 95.0 Å². The molecule has 1 heterocycles. The van der Waals surface area contributed by atoms with Gasteiger partial charge in [-0.3, -0.25) is 14.7 Å². The summed E-state index contributed by atoms with van der Waals surface area (Å²) in [5.74, 6) is 0. The summed E-state index contributed by atoms with van der Waals surface area (Å²) in [6, 6.07) is 4.89. The average molecular weight is 291 g/mol. The number of rotatable bonds is 6. The third-order valence-electron chi connectivity index (χ3n) is 3.04. The molecule has 2 rings (SSSR count). The minimum absolute atomic E-state index is 0.00456. The summed E-state index contributed by atoms with van der Waals surface area (Å²) in [5.41, 5.74) is 0.888. The molecule has 0 unspecified atom stereocenters. The molecule has 0 atom stereocenters. The van der Waals surface area contributed by atoms with Gasteiger partial charge in [0.15, 0.2) is 0 Å². The first-order valence-corrected chi connectivity index (χ1v) is 6.62. The van der Waals surface area contributed by atoms with Crippen LogP contribution in [0.5, 0.6) is 0 Å². The Kier molecular flexibility index (Phi) is 4.36. The van der Waals surface area contributed by atoms with Gasteiger partial charge in [0.2, 0.25) is 0 Å². The molecule has 1 aromatic heterocycles. The van der Waals surface area contributed by atoms with Crippen molar-refractivity contribution in [3.63, 3.8) is 0 Å². The van der Waals surface area contributed by atoms with Crippen LogP contribution in [-0.4, -0.2) is 25.8 Å². The lowest BCUT2D eigenvalue weighted by molar-refractivity contribution is -0.384. The van der Waals surface area contributed by atoms with E-state index in [0.29, 0.717) is 17.8 Å². The summed E-state index contributed by atoms with van der Waals surface area (Å²) in [7, 11) is 1.60. The Hall–Kier alpha value is -2.64. The number of hydrogen-bond acceptors (Lipinski definition) is 5. The van der Waals surface area contributed by atoms with Crippen molar-refractivity contribution in [3.05, 3.63) is 50.7 Å². The number of nitrogens with zero attached hydrogens (tertiary/aromatic N) is 4. The highest BCUT2D eigenvalue weighted by molar-refractivity contribution is 5.62. The van der Waals surface area contributed by atoms with Crippen molar-refractivity contribution in [2.45, 2.75) is 19.9 Å². The summed E-state index contributed by atoms with van der Waals surface area (Å²) in [4.78, 5) is 22.4. The van der Waals surface area contributed by atoms with Gasteiger partial charge >= 0.3 is 5.69 Å². The molecule has 8 nitrogen and oxygen atoms in total. The SMILES string of the molecule is CCCNc1ccc(Cn2ncn(C)c2=O)cc1[N+](=O)[O-]. The highest BCUT2D eigenvalue weighted by Crippen LogP contribution is 2.25. The fraction of sp³-hybridized carbons (Fsp3) is 0.385. The van der Waals surface area contributed by atoms with Gasteiger partial charge in [-0.1, -0.05) is 13.0 Å². The van der Waals surface area contributed by atoms with Crippen molar-refractivity contribution in [3.8, 4) is 0 Å². The van der Waals surface area contributed by atoms with E-state index in [1.54, 1.807) is 19.2 Å². The van der Waals surface area contributed by atoms with Gasteiger partial charge in [0.05, 0.1) is 11.5 Å². The largest absolute Gasteiger partial charge is 0.380 e. The molecule has 0 aliphatic carbocycles. The summed E-state index contributed by atoms with van der Waals surface area (Å²) < 4.78 is 2.61. The highest BCUT2D eigenvalue weighted by atomic mass is 16.6. The average Bonchev–Trinajstić information content (AvgIpc) is 2.77. The van der Waals surface area contributed by atoms with E-state index < -0.39 is 4.92 Å². The second-order valence-electron chi connectivity index (χ2n) is 4.72. The third kappa shape index (κ3) is 3.28. The van der Waals surface area contributed by atoms with Crippen molar-refractivity contribution in [2.24, 2.45) is 7.05 Å². The zero-order chi connectivity index (χ0) is 15.4. The zero-order valence-electron chi connectivity index (χ0n) is 11.9. The van der Waals surface area contributed by atoms with E-state index in [1.807, 2.05) is 6.92 Å². The Morgan fingerprint density at radius 3 is 2.76 bits per heavy atom. The van der Waals surface area contributed by atoms with Crippen LogP contribution in [0.25, 0.3) is 0 Å². The molecule has 1 aromatic carbocycles. The van der Waals surface area contributed by atoms with Crippen molar-refractivity contribution in [1.82, 2.24) is 14.3 Å². The first-order valence-electron chi connectivity index (χ1n) is 6.62. The Labute approximate surface area is 121 Å². The van der Waals surface area contributed by atoms with Gasteiger partial charge in [-0.05, 0) is 18.1 Å². The summed E-state index contributed by atoms with van der Waals surface area (Å²) >= 11 is 0. The van der Waals surface area contributed by atoms with E-state index in [9.17, 15) is 14.9 Å². The number of aryl methyl sites for hydroxylation is 1. The van der Waals surface area contributed by atoms with Crippen LogP contribution in [0.15, 0.2) is 29.3 Å². The fourth-order valence-corrected chi connectivity index (χ4v) is 1.94. The normalized spacial score (nSPS) is 10.6. The number of anilines is 1. The smallest absolute Gasteiger partial charge is 0.345 e. The van der Waals surface area contributed by atoms with Gasteiger partial charge in [0.25, 0.3) is 5.69 Å². The molecule has 0 aliphatic rings. The zero-order valence-corrected chi connectivity index (χ0v) is 11.9. The van der Waals surface area contributed by atoms with E-state index >= 15 is 0 Å². The molecule has 2 aromatic rings. The molecule has 21 heavy (non-hydrogen) atoms. The second-order valence-corrected chi connectivity index (χ2v) is 4.72. The van der Waals surface area contributed by atoms with Crippen molar-refractivity contribution in [2.75, 3.05) is 11.9 Å². The molecule has 8 heteroatoms. The molecule has 0 spiro atoms. The molecule has 0 bridgehead atoms. The van der Waals surface area contributed by atoms with E-state index in [-0.39, 0.29) is 17.9 Å². The Morgan fingerprint density at radius 2 is 2.19 bits per heavy atom. The maximum Gasteiger partial charge on any atom is 0.345 e. The van der Waals surface area contributed by atoms with E-state index in [1.165, 1.54) is 21.6 Å². The second kappa shape index (κ2) is 6.21. The summed E-state index contributed by atoms with van der Waals surface area (Å²) in [5, 5.41) is 18.1. The van der Waals surface area contributed by atoms with Crippen molar-refractivity contribution in [1.29, 1.82) is 0 Å². The van der Waals surface area contributed by atoms with Gasteiger partial charge < -0.3 is 5.32 Å². The summed E-state index contributed by atoms with van der Waals surface area (Å²) in [6.45, 7) is 2.86. The van der Waals surface area contributed by atoms with E-state index in [0.717, 1.165) is 6.42 Å². The lowest BCUT2D eigenvalue weighted by Crippen LogP contribution is -2.23. The Bertz CT molecular complexity index is 704. The van der Waals surface area contributed by atoms with Crippen LogP contribution in [0, 0.1) is 10.1 Å². The number of aromatic nitrogens is 3. The molecule has 0 fully saturated rings. The molecule has 0 aliphatic heterocycles. The fourth-order valence-electron chi connectivity index (χ4n) is 1.94. The standard InChI is InChI=1S/C13H17N5O3/c1-3-6-14-11-5-4-10(7-12(11)18(20)21)8-17-13(19)16(2)9-15-17/h4-5,7,9,14H,3,6,8H2,1-2H3. The van der Waals surface area contributed by atoms with Crippen LogP contribution in [0.2, 0.25) is 0 Å². The molecule has 112 valence electrons. The number of nitro benzene ring substituents is 1. The van der Waals surface area contributed by atoms with Crippen molar-refractivity contribution >= 4 is 11.4 Å². The minimum atomic E-state index is -0.428. The minimum Gasteiger partial charge on any atom is -0.380 e. The first-order chi connectivity index (χ1) is 10.0. The highest BCUT2D eigenvalue weighted by Gasteiger charge is 2.15. The van der Waals surface area contributed by atoms with Crippen LogP contribution >= 0.6 is 0 Å². The number of hydrogen-bond donors (Lipinski definition) is 1. The van der Waals surface area contributed by atoms with Crippen LogP contribution in [0.4, 0.5) is 11.4 Å². The molecule has 0 saturated carbocycles. The van der Waals surface area contributed by atoms with Crippen LogP contribution in [0.1, 0.15) is 18.9 Å². The predicted octanol–water partition coefficient (Wildman–Crippen LogP) is 1.36. The molecule has 1 N–H and O–H groups in total. The van der Waals surface area contributed by atoms with Crippen LogP contribution < -0.4 is 11.0 Å². The number of nitro groups is 1. The summed E-state index contributed by atoms with van der Waals surface area (Å²) in [6.07, 6.45) is 2.29. The van der Waals surface area contributed by atoms with Crippen LogP contribution in [0.3, 0.4) is 0 Å². The lowest BCUT2D eigenvalue weighted by atomic mass is 10.1. The molecule has 0 radical (unpaired) electrons. The van der Waals surface area contributed by atoms with Crippen LogP contribution in [-0.2, 0) is 13.6 Å². The quantitative estimate of drug-likeness (QED) is 0.640. The lowest BCUT2D eigenvalue weighted by Gasteiger charge is -2.07. The monoisotopic (exact) mass is 291 g/mol. The van der Waals surface area contributed by atoms with Gasteiger partial charge in [0, 0.05) is 19.7 Å². The van der Waals surface area contributed by atoms with Gasteiger partial charge in [0.1, 0.15) is 12.0 Å². The number of benzene rings is 1. The van der Waals surface area contributed by atoms with Gasteiger partial charge in [-0.2, -0.15) is 5.10 Å². The van der Waals surface area contributed by atoms with Gasteiger partial charge in [-0.25, -0.2) is 9.48 Å². The van der Waals surface area contributed by atoms with Gasteiger partial charge in [-0.15, -0.1) is 0 Å². The molecule has 0 saturated heterocycles. The van der Waals surface area contributed by atoms with E-state index in [4.69, 9.17) is 0 Å². The Balaban J connectivity index is 2.29. The molecular weight excluding hydrogens is 274 g/mol. The Morgan fingerprint density at radius 1 is 1.43 bits per heavy atom. The maximum absolute atomic E-state index is 11.7.